The number of imidazole rings is 1. The molecule has 6 N–H and O–H groups in total. The second kappa shape index (κ2) is 8.20. The van der Waals surface area contributed by atoms with Crippen LogP contribution in [0.15, 0.2) is 35.4 Å². The predicted molar refractivity (Wildman–Crippen MR) is 105 cm³/mol. The van der Waals surface area contributed by atoms with Crippen LogP contribution >= 0.6 is 11.6 Å². The summed E-state index contributed by atoms with van der Waals surface area (Å²) in [4.78, 5) is 19.1. The van der Waals surface area contributed by atoms with Crippen molar-refractivity contribution in [1.82, 2.24) is 14.5 Å². The maximum atomic E-state index is 12.5. The Morgan fingerprint density at radius 3 is 2.70 bits per heavy atom. The Morgan fingerprint density at radius 1 is 1.30 bits per heavy atom. The van der Waals surface area contributed by atoms with E-state index < -0.39 is 36.7 Å². The second-order valence-electron chi connectivity index (χ2n) is 6.87. The molecule has 1 aliphatic heterocycles. The fraction of sp³-hybridized carbons (Fsp3) is 0.389. The third-order valence-electron chi connectivity index (χ3n) is 4.90. The van der Waals surface area contributed by atoms with Crippen LogP contribution in [0.1, 0.15) is 6.23 Å². The Hall–Kier alpha value is -2.70. The number of nitrogens with one attached hydrogen (secondary N) is 1. The van der Waals surface area contributed by atoms with Gasteiger partial charge in [-0.25, -0.2) is 4.57 Å². The highest BCUT2D eigenvalue weighted by Gasteiger charge is 2.47. The van der Waals surface area contributed by atoms with Gasteiger partial charge in [-0.1, -0.05) is 11.6 Å². The number of aromatic nitrogens is 4. The van der Waals surface area contributed by atoms with Crippen LogP contribution in [0.2, 0.25) is 5.02 Å². The summed E-state index contributed by atoms with van der Waals surface area (Å²) in [5.74, 6) is 0.506. The van der Waals surface area contributed by atoms with Crippen LogP contribution in [-0.4, -0.2) is 61.4 Å². The number of halogens is 1. The molecule has 1 aliphatic rings. The Bertz CT molecular complexity index is 1100. The summed E-state index contributed by atoms with van der Waals surface area (Å²) in [6.07, 6.45) is -3.13. The molecular formula is C18H21ClN5O6+. The van der Waals surface area contributed by atoms with Gasteiger partial charge in [0.15, 0.2) is 0 Å². The first-order valence-corrected chi connectivity index (χ1v) is 9.57. The van der Waals surface area contributed by atoms with E-state index in [-0.39, 0.29) is 30.3 Å². The molecule has 4 rings (SSSR count). The van der Waals surface area contributed by atoms with E-state index in [1.807, 2.05) is 0 Å². The van der Waals surface area contributed by atoms with E-state index in [0.29, 0.717) is 10.8 Å². The average molecular weight is 439 g/mol. The fourth-order valence-electron chi connectivity index (χ4n) is 3.43. The number of fused-ring (bicyclic) bond motifs is 1. The Labute approximate surface area is 174 Å². The minimum atomic E-state index is -1.33. The molecule has 160 valence electrons. The molecule has 0 bridgehead atoms. The molecule has 0 unspecified atom stereocenters. The molecule has 0 aliphatic carbocycles. The molecule has 4 atom stereocenters. The molecule has 2 aromatic heterocycles. The summed E-state index contributed by atoms with van der Waals surface area (Å²) in [7, 11) is 0. The molecule has 1 saturated heterocycles. The van der Waals surface area contributed by atoms with Crippen molar-refractivity contribution in [1.29, 1.82) is 0 Å². The molecule has 0 amide bonds. The third kappa shape index (κ3) is 3.73. The Balaban J connectivity index is 1.65. The minimum Gasteiger partial charge on any atom is -0.489 e. The average Bonchev–Trinajstić information content (AvgIpc) is 3.21. The normalized spacial score (nSPS) is 23.9. The number of nitrogens with zero attached hydrogens (tertiary/aromatic N) is 3. The quantitative estimate of drug-likeness (QED) is 0.304. The van der Waals surface area contributed by atoms with Gasteiger partial charge in [0, 0.05) is 5.02 Å². The molecule has 11 nitrogen and oxygen atoms in total. The van der Waals surface area contributed by atoms with Gasteiger partial charge in [-0.2, -0.15) is 9.55 Å². The lowest BCUT2D eigenvalue weighted by atomic mass is 10.1. The number of benzene rings is 1. The Kier molecular flexibility index (Phi) is 5.62. The van der Waals surface area contributed by atoms with Crippen LogP contribution in [0.4, 0.5) is 5.95 Å². The molecule has 1 fully saturated rings. The van der Waals surface area contributed by atoms with Crippen molar-refractivity contribution >= 4 is 28.7 Å². The number of aliphatic hydroxyl groups is 3. The maximum absolute atomic E-state index is 12.5. The first-order valence-electron chi connectivity index (χ1n) is 9.19. The minimum absolute atomic E-state index is 0.108. The SMILES string of the molecule is Nc1nc2c(c(=O)[nH]1)[n+](CCOc1ccc(Cl)cc1)cn2[C@@H]1O[C@H](CO)[C@@H](O)[C@H]1O. The first-order chi connectivity index (χ1) is 14.4. The topological polar surface area (TPSA) is 160 Å². The van der Waals surface area contributed by atoms with E-state index in [1.165, 1.54) is 10.9 Å². The lowest BCUT2D eigenvalue weighted by Crippen LogP contribution is -2.39. The monoisotopic (exact) mass is 438 g/mol. The van der Waals surface area contributed by atoms with Crippen LogP contribution in [0.25, 0.3) is 11.2 Å². The molecule has 0 spiro atoms. The van der Waals surface area contributed by atoms with E-state index in [1.54, 1.807) is 28.8 Å². The summed E-state index contributed by atoms with van der Waals surface area (Å²) in [5.41, 5.74) is 5.57. The molecular weight excluding hydrogens is 418 g/mol. The van der Waals surface area contributed by atoms with Gasteiger partial charge in [0.2, 0.25) is 18.5 Å². The van der Waals surface area contributed by atoms with Crippen molar-refractivity contribution < 1.29 is 29.4 Å². The number of nitrogen functional groups attached to an aromatic ring is 1. The van der Waals surface area contributed by atoms with Crippen molar-refractivity contribution in [3.05, 3.63) is 46.0 Å². The van der Waals surface area contributed by atoms with Crippen LogP contribution in [0, 0.1) is 0 Å². The van der Waals surface area contributed by atoms with E-state index in [4.69, 9.17) is 26.8 Å². The number of H-pyrrole nitrogens is 1. The molecule has 12 heteroatoms. The van der Waals surface area contributed by atoms with Gasteiger partial charge in [-0.05, 0) is 24.3 Å². The third-order valence-corrected chi connectivity index (χ3v) is 5.15. The van der Waals surface area contributed by atoms with E-state index in [2.05, 4.69) is 9.97 Å². The van der Waals surface area contributed by atoms with Gasteiger partial charge in [-0.3, -0.25) is 9.78 Å². The van der Waals surface area contributed by atoms with Gasteiger partial charge in [0.05, 0.1) is 6.61 Å². The van der Waals surface area contributed by atoms with E-state index in [0.717, 1.165) is 0 Å². The number of anilines is 1. The summed E-state index contributed by atoms with van der Waals surface area (Å²) < 4.78 is 14.3. The van der Waals surface area contributed by atoms with Gasteiger partial charge in [0.25, 0.3) is 11.2 Å². The standard InChI is InChI=1S/C18H20ClN5O6/c19-9-1-3-10(4-2-9)29-6-5-23-8-24(15-12(23)16(28)22-18(20)21-15)17-14(27)13(26)11(7-25)30-17/h1-4,8,11,13-14,17,25-27H,5-7H2,(H2-,20,21,22,28)/p+1/t11-,13-,14-,17-/m1/s1. The fourth-order valence-corrected chi connectivity index (χ4v) is 3.56. The highest BCUT2D eigenvalue weighted by Crippen LogP contribution is 2.30. The lowest BCUT2D eigenvalue weighted by Gasteiger charge is -2.11. The number of aromatic amines is 1. The number of aliphatic hydroxyl groups excluding tert-OH is 3. The lowest BCUT2D eigenvalue weighted by molar-refractivity contribution is -0.673. The number of hydrogen-bond donors (Lipinski definition) is 5. The highest BCUT2D eigenvalue weighted by atomic mass is 35.5. The number of ether oxygens (including phenoxy) is 2. The summed E-state index contributed by atoms with van der Waals surface area (Å²) in [6, 6.07) is 6.86. The van der Waals surface area contributed by atoms with Gasteiger partial charge < -0.3 is 30.5 Å². The van der Waals surface area contributed by atoms with Crippen molar-refractivity contribution in [3.8, 4) is 5.75 Å². The molecule has 30 heavy (non-hydrogen) atoms. The molecule has 3 heterocycles. The molecule has 0 saturated carbocycles. The van der Waals surface area contributed by atoms with Gasteiger partial charge in [0.1, 0.15) is 37.2 Å². The van der Waals surface area contributed by atoms with Crippen molar-refractivity contribution in [3.63, 3.8) is 0 Å². The molecule has 1 aromatic carbocycles. The van der Waals surface area contributed by atoms with Crippen LogP contribution in [-0.2, 0) is 11.3 Å². The Morgan fingerprint density at radius 2 is 2.03 bits per heavy atom. The highest BCUT2D eigenvalue weighted by molar-refractivity contribution is 6.30. The van der Waals surface area contributed by atoms with Crippen LogP contribution in [0.5, 0.6) is 5.75 Å². The number of rotatable bonds is 6. The zero-order valence-electron chi connectivity index (χ0n) is 15.7. The van der Waals surface area contributed by atoms with Crippen molar-refractivity contribution in [2.24, 2.45) is 0 Å². The van der Waals surface area contributed by atoms with Crippen LogP contribution < -0.4 is 20.6 Å². The number of nitrogens with two attached hydrogens (primary N) is 1. The first kappa shape index (κ1) is 20.6. The molecule has 3 aromatic rings. The van der Waals surface area contributed by atoms with E-state index in [9.17, 15) is 20.1 Å². The van der Waals surface area contributed by atoms with Crippen LogP contribution in [0.3, 0.4) is 0 Å². The van der Waals surface area contributed by atoms with Crippen molar-refractivity contribution in [2.75, 3.05) is 18.9 Å². The molecule has 0 radical (unpaired) electrons. The second-order valence-corrected chi connectivity index (χ2v) is 7.31. The summed E-state index contributed by atoms with van der Waals surface area (Å²) >= 11 is 5.86. The van der Waals surface area contributed by atoms with Crippen molar-refractivity contribution in [2.45, 2.75) is 31.1 Å². The van der Waals surface area contributed by atoms with E-state index >= 15 is 0 Å². The maximum Gasteiger partial charge on any atom is 0.304 e. The largest absolute Gasteiger partial charge is 0.489 e. The van der Waals surface area contributed by atoms with Gasteiger partial charge >= 0.3 is 5.56 Å². The van der Waals surface area contributed by atoms with Gasteiger partial charge in [-0.15, -0.1) is 0 Å². The predicted octanol–water partition coefficient (Wildman–Crippen LogP) is -1.06. The zero-order valence-corrected chi connectivity index (χ0v) is 16.4. The summed E-state index contributed by atoms with van der Waals surface area (Å²) in [6.45, 7) is 0.0276. The summed E-state index contributed by atoms with van der Waals surface area (Å²) in [5, 5.41) is 30.4. The zero-order chi connectivity index (χ0) is 21.4. The number of hydrogen-bond acceptors (Lipinski definition) is 8. The smallest absolute Gasteiger partial charge is 0.304 e.